The fourth-order valence-electron chi connectivity index (χ4n) is 2.96. The summed E-state index contributed by atoms with van der Waals surface area (Å²) in [4.78, 5) is 8.59. The van der Waals surface area contributed by atoms with E-state index in [1.165, 1.54) is 11.9 Å². The zero-order chi connectivity index (χ0) is 19.2. The number of aliphatic hydroxyl groups excluding tert-OH is 1. The van der Waals surface area contributed by atoms with Gasteiger partial charge in [0.05, 0.1) is 24.5 Å². The molecule has 0 aliphatic rings. The first-order valence-electron chi connectivity index (χ1n) is 9.13. The van der Waals surface area contributed by atoms with Crippen molar-refractivity contribution in [2.75, 3.05) is 11.9 Å². The van der Waals surface area contributed by atoms with Crippen molar-refractivity contribution in [3.63, 3.8) is 0 Å². The van der Waals surface area contributed by atoms with Crippen molar-refractivity contribution >= 4 is 5.82 Å². The lowest BCUT2D eigenvalue weighted by Crippen LogP contribution is -2.13. The van der Waals surface area contributed by atoms with Crippen molar-refractivity contribution in [2.24, 2.45) is 0 Å². The minimum absolute atomic E-state index is 0.369. The lowest BCUT2D eigenvalue weighted by atomic mass is 10.1. The van der Waals surface area contributed by atoms with Gasteiger partial charge in [-0.2, -0.15) is 5.10 Å². The maximum absolute atomic E-state index is 10.3. The van der Waals surface area contributed by atoms with Crippen LogP contribution in [0, 0.1) is 0 Å². The fraction of sp³-hybridized carbons (Fsp3) is 0.136. The second-order valence-electron chi connectivity index (χ2n) is 6.51. The van der Waals surface area contributed by atoms with Crippen LogP contribution >= 0.6 is 0 Å². The monoisotopic (exact) mass is 371 g/mol. The van der Waals surface area contributed by atoms with E-state index in [-0.39, 0.29) is 0 Å². The molecule has 6 heteroatoms. The van der Waals surface area contributed by atoms with E-state index < -0.39 is 6.10 Å². The van der Waals surface area contributed by atoms with Gasteiger partial charge in [-0.1, -0.05) is 60.7 Å². The van der Waals surface area contributed by atoms with Crippen LogP contribution in [-0.2, 0) is 6.54 Å². The van der Waals surface area contributed by atoms with Gasteiger partial charge in [0.25, 0.3) is 0 Å². The smallest absolute Gasteiger partial charge is 0.130 e. The normalized spacial score (nSPS) is 11.9. The largest absolute Gasteiger partial charge is 0.387 e. The summed E-state index contributed by atoms with van der Waals surface area (Å²) in [6, 6.07) is 21.6. The predicted molar refractivity (Wildman–Crippen MR) is 109 cm³/mol. The van der Waals surface area contributed by atoms with Crippen LogP contribution in [0.5, 0.6) is 0 Å². The second kappa shape index (κ2) is 8.45. The molecule has 0 saturated carbocycles. The van der Waals surface area contributed by atoms with E-state index in [9.17, 15) is 5.11 Å². The van der Waals surface area contributed by atoms with Gasteiger partial charge in [-0.05, 0) is 11.1 Å². The van der Waals surface area contributed by atoms with Crippen LogP contribution in [0.3, 0.4) is 0 Å². The Kier molecular flexibility index (Phi) is 5.40. The third kappa shape index (κ3) is 4.42. The average molecular weight is 371 g/mol. The fourth-order valence-corrected chi connectivity index (χ4v) is 2.96. The van der Waals surface area contributed by atoms with E-state index in [2.05, 4.69) is 32.5 Å². The molecule has 1 unspecified atom stereocenters. The minimum atomic E-state index is -0.603. The molecular formula is C22H21N5O. The standard InChI is InChI=1S/C22H21N5O/c28-21(18-9-5-2-6-10-18)13-23-22-11-20(24-16-25-22)19-12-26-27(15-19)14-17-7-3-1-4-8-17/h1-12,15-16,21,28H,13-14H2,(H,23,24,25). The summed E-state index contributed by atoms with van der Waals surface area (Å²) in [5.41, 5.74) is 3.76. The van der Waals surface area contributed by atoms with Gasteiger partial charge in [-0.3, -0.25) is 4.68 Å². The highest BCUT2D eigenvalue weighted by atomic mass is 16.3. The van der Waals surface area contributed by atoms with Gasteiger partial charge in [0.2, 0.25) is 0 Å². The Labute approximate surface area is 163 Å². The maximum Gasteiger partial charge on any atom is 0.130 e. The molecule has 4 rings (SSSR count). The molecule has 2 aromatic carbocycles. The third-order valence-corrected chi connectivity index (χ3v) is 4.44. The van der Waals surface area contributed by atoms with Gasteiger partial charge in [-0.25, -0.2) is 9.97 Å². The van der Waals surface area contributed by atoms with Crippen LogP contribution in [-0.4, -0.2) is 31.4 Å². The Bertz CT molecular complexity index is 1020. The Morgan fingerprint density at radius 1 is 0.964 bits per heavy atom. The quantitative estimate of drug-likeness (QED) is 0.520. The molecule has 0 saturated heterocycles. The van der Waals surface area contributed by atoms with Crippen molar-refractivity contribution in [3.05, 3.63) is 96.6 Å². The first kappa shape index (κ1) is 17.9. The van der Waals surface area contributed by atoms with Crippen LogP contribution in [0.15, 0.2) is 85.5 Å². The molecule has 0 aliphatic carbocycles. The highest BCUT2D eigenvalue weighted by Crippen LogP contribution is 2.19. The summed E-state index contributed by atoms with van der Waals surface area (Å²) in [6.07, 6.45) is 4.68. The van der Waals surface area contributed by atoms with E-state index in [4.69, 9.17) is 0 Å². The topological polar surface area (TPSA) is 75.9 Å². The molecule has 1 atom stereocenters. The lowest BCUT2D eigenvalue weighted by Gasteiger charge is -2.12. The molecule has 0 radical (unpaired) electrons. The highest BCUT2D eigenvalue weighted by molar-refractivity contribution is 5.60. The van der Waals surface area contributed by atoms with Crippen LogP contribution < -0.4 is 5.32 Å². The Hall–Kier alpha value is -3.51. The first-order valence-corrected chi connectivity index (χ1v) is 9.13. The zero-order valence-corrected chi connectivity index (χ0v) is 15.3. The number of benzene rings is 2. The summed E-state index contributed by atoms with van der Waals surface area (Å²) in [6.45, 7) is 1.08. The van der Waals surface area contributed by atoms with Gasteiger partial charge in [0.1, 0.15) is 12.1 Å². The third-order valence-electron chi connectivity index (χ3n) is 4.44. The number of anilines is 1. The van der Waals surface area contributed by atoms with E-state index in [0.717, 1.165) is 16.8 Å². The Morgan fingerprint density at radius 2 is 1.71 bits per heavy atom. The molecule has 0 amide bonds. The second-order valence-corrected chi connectivity index (χ2v) is 6.51. The van der Waals surface area contributed by atoms with Gasteiger partial charge in [-0.15, -0.1) is 0 Å². The molecule has 0 fully saturated rings. The van der Waals surface area contributed by atoms with Crippen molar-refractivity contribution in [3.8, 4) is 11.3 Å². The predicted octanol–water partition coefficient (Wildman–Crippen LogP) is 3.53. The molecular weight excluding hydrogens is 350 g/mol. The summed E-state index contributed by atoms with van der Waals surface area (Å²) in [5, 5.41) is 17.9. The van der Waals surface area contributed by atoms with Crippen LogP contribution in [0.1, 0.15) is 17.2 Å². The number of aliphatic hydroxyl groups is 1. The van der Waals surface area contributed by atoms with Gasteiger partial charge < -0.3 is 10.4 Å². The van der Waals surface area contributed by atoms with Gasteiger partial charge in [0, 0.05) is 24.4 Å². The number of nitrogens with one attached hydrogen (secondary N) is 1. The molecule has 2 N–H and O–H groups in total. The molecule has 2 heterocycles. The molecule has 0 bridgehead atoms. The van der Waals surface area contributed by atoms with Gasteiger partial charge >= 0.3 is 0 Å². The summed E-state index contributed by atoms with van der Waals surface area (Å²) in [5.74, 6) is 0.663. The van der Waals surface area contributed by atoms with E-state index in [1.54, 1.807) is 6.20 Å². The van der Waals surface area contributed by atoms with Crippen molar-refractivity contribution in [1.29, 1.82) is 0 Å². The minimum Gasteiger partial charge on any atom is -0.387 e. The van der Waals surface area contributed by atoms with Crippen molar-refractivity contribution < 1.29 is 5.11 Å². The van der Waals surface area contributed by atoms with Crippen LogP contribution in [0.25, 0.3) is 11.3 Å². The maximum atomic E-state index is 10.3. The molecule has 28 heavy (non-hydrogen) atoms. The van der Waals surface area contributed by atoms with Crippen molar-refractivity contribution in [1.82, 2.24) is 19.7 Å². The van der Waals surface area contributed by atoms with E-state index >= 15 is 0 Å². The average Bonchev–Trinajstić information content (AvgIpc) is 3.22. The Morgan fingerprint density at radius 3 is 2.50 bits per heavy atom. The molecule has 4 aromatic rings. The van der Waals surface area contributed by atoms with E-state index in [1.807, 2.05) is 65.5 Å². The van der Waals surface area contributed by atoms with E-state index in [0.29, 0.717) is 18.9 Å². The number of hydrogen-bond acceptors (Lipinski definition) is 5. The lowest BCUT2D eigenvalue weighted by molar-refractivity contribution is 0.191. The summed E-state index contributed by atoms with van der Waals surface area (Å²) >= 11 is 0. The van der Waals surface area contributed by atoms with Crippen LogP contribution in [0.2, 0.25) is 0 Å². The molecule has 6 nitrogen and oxygen atoms in total. The Balaban J connectivity index is 1.42. The molecule has 140 valence electrons. The molecule has 2 aromatic heterocycles. The summed E-state index contributed by atoms with van der Waals surface area (Å²) < 4.78 is 1.89. The highest BCUT2D eigenvalue weighted by Gasteiger charge is 2.09. The zero-order valence-electron chi connectivity index (χ0n) is 15.3. The number of nitrogens with zero attached hydrogens (tertiary/aromatic N) is 4. The van der Waals surface area contributed by atoms with Crippen LogP contribution in [0.4, 0.5) is 5.82 Å². The summed E-state index contributed by atoms with van der Waals surface area (Å²) in [7, 11) is 0. The van der Waals surface area contributed by atoms with Crippen molar-refractivity contribution in [2.45, 2.75) is 12.6 Å². The first-order chi connectivity index (χ1) is 13.8. The SMILES string of the molecule is OC(CNc1cc(-c2cnn(Cc3ccccc3)c2)ncn1)c1ccccc1. The number of aromatic nitrogens is 4. The van der Waals surface area contributed by atoms with Gasteiger partial charge in [0.15, 0.2) is 0 Å². The molecule has 0 spiro atoms. The number of rotatable bonds is 7. The molecule has 0 aliphatic heterocycles. The number of hydrogen-bond donors (Lipinski definition) is 2.